The number of rotatable bonds is 5. The van der Waals surface area contributed by atoms with Crippen molar-refractivity contribution in [3.63, 3.8) is 0 Å². The predicted octanol–water partition coefficient (Wildman–Crippen LogP) is 2.13. The van der Waals surface area contributed by atoms with E-state index in [1.54, 1.807) is 4.90 Å². The van der Waals surface area contributed by atoms with Crippen LogP contribution in [0.25, 0.3) is 0 Å². The van der Waals surface area contributed by atoms with Gasteiger partial charge in [0.2, 0.25) is 0 Å². The van der Waals surface area contributed by atoms with Crippen molar-refractivity contribution in [3.05, 3.63) is 0 Å². The van der Waals surface area contributed by atoms with Gasteiger partial charge in [-0.2, -0.15) is 0 Å². The maximum absolute atomic E-state index is 12.0. The Hall–Kier alpha value is 0.260. The van der Waals surface area contributed by atoms with Crippen LogP contribution < -0.4 is 0 Å². The number of piperidine rings is 1. The molecule has 0 bridgehead atoms. The van der Waals surface area contributed by atoms with Crippen molar-refractivity contribution in [1.29, 1.82) is 0 Å². The van der Waals surface area contributed by atoms with Crippen LogP contribution in [0.1, 0.15) is 12.8 Å². The van der Waals surface area contributed by atoms with Gasteiger partial charge in [0.15, 0.2) is 0 Å². The lowest BCUT2D eigenvalue weighted by molar-refractivity contribution is 0.000297. The molecule has 1 fully saturated rings. The summed E-state index contributed by atoms with van der Waals surface area (Å²) in [5.41, 5.74) is 0. The lowest BCUT2D eigenvalue weighted by atomic mass is 10.1. The van der Waals surface area contributed by atoms with E-state index in [2.05, 4.69) is 15.9 Å². The fraction of sp³-hybridized carbons (Fsp3) is 1.00. The highest BCUT2D eigenvalue weighted by atomic mass is 79.9. The first-order valence-corrected chi connectivity index (χ1v) is 6.02. The normalized spacial score (nSPS) is 20.6. The van der Waals surface area contributed by atoms with E-state index < -0.39 is 6.43 Å². The van der Waals surface area contributed by atoms with E-state index in [0.717, 1.165) is 31.3 Å². The SMILES string of the molecule is FC(F)CN1CCC(OCCBr)CC1. The molecule has 0 unspecified atom stereocenters. The van der Waals surface area contributed by atoms with Gasteiger partial charge in [-0.1, -0.05) is 15.9 Å². The van der Waals surface area contributed by atoms with Crippen LogP contribution >= 0.6 is 15.9 Å². The first-order valence-electron chi connectivity index (χ1n) is 4.90. The van der Waals surface area contributed by atoms with Gasteiger partial charge in [-0.15, -0.1) is 0 Å². The zero-order valence-corrected chi connectivity index (χ0v) is 9.68. The van der Waals surface area contributed by atoms with Crippen LogP contribution in [0.2, 0.25) is 0 Å². The summed E-state index contributed by atoms with van der Waals surface area (Å²) in [6, 6.07) is 0. The molecular weight excluding hydrogens is 256 g/mol. The predicted molar refractivity (Wildman–Crippen MR) is 55.2 cm³/mol. The fourth-order valence-electron chi connectivity index (χ4n) is 1.66. The Labute approximate surface area is 91.7 Å². The highest BCUT2D eigenvalue weighted by molar-refractivity contribution is 9.09. The number of halogens is 3. The monoisotopic (exact) mass is 271 g/mol. The number of alkyl halides is 3. The van der Waals surface area contributed by atoms with Gasteiger partial charge < -0.3 is 4.74 Å². The van der Waals surface area contributed by atoms with Crippen molar-refractivity contribution in [2.24, 2.45) is 0 Å². The average Bonchev–Trinajstić information content (AvgIpc) is 2.16. The summed E-state index contributed by atoms with van der Waals surface area (Å²) in [6.07, 6.45) is -0.198. The van der Waals surface area contributed by atoms with Crippen LogP contribution in [0, 0.1) is 0 Å². The molecule has 2 nitrogen and oxygen atoms in total. The van der Waals surface area contributed by atoms with E-state index >= 15 is 0 Å². The number of nitrogens with zero attached hydrogens (tertiary/aromatic N) is 1. The molecule has 5 heteroatoms. The molecule has 0 radical (unpaired) electrons. The standard InChI is InChI=1S/C9H16BrF2NO/c10-3-6-14-8-1-4-13(5-2-8)7-9(11)12/h8-9H,1-7H2. The summed E-state index contributed by atoms with van der Waals surface area (Å²) < 4.78 is 29.6. The molecule has 0 aliphatic carbocycles. The molecule has 0 aromatic heterocycles. The summed E-state index contributed by atoms with van der Waals surface area (Å²) in [7, 11) is 0. The van der Waals surface area contributed by atoms with E-state index in [9.17, 15) is 8.78 Å². The van der Waals surface area contributed by atoms with Crippen molar-refractivity contribution in [2.75, 3.05) is 31.6 Å². The van der Waals surface area contributed by atoms with Crippen molar-refractivity contribution in [2.45, 2.75) is 25.4 Å². The van der Waals surface area contributed by atoms with Crippen molar-refractivity contribution in [3.8, 4) is 0 Å². The molecule has 0 atom stereocenters. The minimum atomic E-state index is -2.21. The maximum Gasteiger partial charge on any atom is 0.251 e. The largest absolute Gasteiger partial charge is 0.377 e. The summed E-state index contributed by atoms with van der Waals surface area (Å²) in [5.74, 6) is 0. The van der Waals surface area contributed by atoms with Gasteiger partial charge in [0.1, 0.15) is 0 Å². The van der Waals surface area contributed by atoms with Gasteiger partial charge in [0.05, 0.1) is 19.3 Å². The minimum Gasteiger partial charge on any atom is -0.377 e. The van der Waals surface area contributed by atoms with E-state index in [1.807, 2.05) is 0 Å². The van der Waals surface area contributed by atoms with Crippen molar-refractivity contribution >= 4 is 15.9 Å². The second-order valence-electron chi connectivity index (χ2n) is 3.45. The summed E-state index contributed by atoms with van der Waals surface area (Å²) in [5, 5.41) is 0.838. The molecule has 0 aromatic carbocycles. The number of ether oxygens (including phenoxy) is 1. The Balaban J connectivity index is 2.11. The van der Waals surface area contributed by atoms with Crippen LogP contribution in [0.3, 0.4) is 0 Å². The van der Waals surface area contributed by atoms with Gasteiger partial charge in [-0.05, 0) is 12.8 Å². The molecule has 1 aliphatic heterocycles. The molecule has 0 spiro atoms. The Bertz CT molecular complexity index is 152. The average molecular weight is 272 g/mol. The zero-order chi connectivity index (χ0) is 10.4. The van der Waals surface area contributed by atoms with Gasteiger partial charge in [-0.25, -0.2) is 8.78 Å². The Morgan fingerprint density at radius 1 is 1.36 bits per heavy atom. The first-order chi connectivity index (χ1) is 6.72. The number of hydrogen-bond donors (Lipinski definition) is 0. The molecule has 84 valence electrons. The molecule has 1 rings (SSSR count). The van der Waals surface area contributed by atoms with Crippen LogP contribution in [0.4, 0.5) is 8.78 Å². The van der Waals surface area contributed by atoms with E-state index in [0.29, 0.717) is 6.61 Å². The Morgan fingerprint density at radius 2 is 2.00 bits per heavy atom. The van der Waals surface area contributed by atoms with Gasteiger partial charge in [-0.3, -0.25) is 4.90 Å². The molecular formula is C9H16BrF2NO. The maximum atomic E-state index is 12.0. The highest BCUT2D eigenvalue weighted by Gasteiger charge is 2.21. The third-order valence-corrected chi connectivity index (χ3v) is 2.69. The third kappa shape index (κ3) is 4.66. The highest BCUT2D eigenvalue weighted by Crippen LogP contribution is 2.14. The van der Waals surface area contributed by atoms with E-state index in [-0.39, 0.29) is 12.6 Å². The molecule has 1 heterocycles. The second kappa shape index (κ2) is 6.69. The fourth-order valence-corrected chi connectivity index (χ4v) is 1.85. The molecule has 1 saturated heterocycles. The molecule has 1 aliphatic rings. The smallest absolute Gasteiger partial charge is 0.251 e. The Morgan fingerprint density at radius 3 is 2.50 bits per heavy atom. The molecule has 0 amide bonds. The third-order valence-electron chi connectivity index (χ3n) is 2.36. The number of hydrogen-bond acceptors (Lipinski definition) is 2. The number of likely N-dealkylation sites (tertiary alicyclic amines) is 1. The minimum absolute atomic E-state index is 0.0921. The quantitative estimate of drug-likeness (QED) is 0.711. The van der Waals surface area contributed by atoms with Crippen LogP contribution in [0.5, 0.6) is 0 Å². The van der Waals surface area contributed by atoms with Gasteiger partial charge in [0.25, 0.3) is 6.43 Å². The van der Waals surface area contributed by atoms with E-state index in [4.69, 9.17) is 4.74 Å². The van der Waals surface area contributed by atoms with Crippen LogP contribution in [0.15, 0.2) is 0 Å². The molecule has 0 N–H and O–H groups in total. The Kier molecular flexibility index (Phi) is 5.89. The zero-order valence-electron chi connectivity index (χ0n) is 8.09. The first kappa shape index (κ1) is 12.3. The van der Waals surface area contributed by atoms with Gasteiger partial charge >= 0.3 is 0 Å². The lowest BCUT2D eigenvalue weighted by Crippen LogP contribution is -2.39. The topological polar surface area (TPSA) is 12.5 Å². The molecule has 0 aromatic rings. The lowest BCUT2D eigenvalue weighted by Gasteiger charge is -2.31. The molecule has 14 heavy (non-hydrogen) atoms. The van der Waals surface area contributed by atoms with Gasteiger partial charge in [0, 0.05) is 18.4 Å². The van der Waals surface area contributed by atoms with Crippen LogP contribution in [-0.4, -0.2) is 49.0 Å². The van der Waals surface area contributed by atoms with Crippen molar-refractivity contribution < 1.29 is 13.5 Å². The summed E-state index contributed by atoms with van der Waals surface area (Å²) in [4.78, 5) is 1.80. The van der Waals surface area contributed by atoms with Crippen LogP contribution in [-0.2, 0) is 4.74 Å². The van der Waals surface area contributed by atoms with E-state index in [1.165, 1.54) is 0 Å². The second-order valence-corrected chi connectivity index (χ2v) is 4.24. The summed E-state index contributed by atoms with van der Waals surface area (Å²) in [6.45, 7) is 2.08. The van der Waals surface area contributed by atoms with Crippen molar-refractivity contribution in [1.82, 2.24) is 4.90 Å². The summed E-state index contributed by atoms with van der Waals surface area (Å²) >= 11 is 3.29. The molecule has 0 saturated carbocycles.